The maximum atomic E-state index is 12.8. The molecule has 0 aliphatic heterocycles. The molecule has 1 heterocycles. The number of aromatic nitrogens is 2. The van der Waals surface area contributed by atoms with Crippen LogP contribution < -0.4 is 11.0 Å². The fourth-order valence-corrected chi connectivity index (χ4v) is 4.25. The summed E-state index contributed by atoms with van der Waals surface area (Å²) in [6, 6.07) is 10.4. The molecule has 9 nitrogen and oxygen atoms in total. The second-order valence-electron chi connectivity index (χ2n) is 6.62. The molecule has 0 aliphatic rings. The summed E-state index contributed by atoms with van der Waals surface area (Å²) in [5, 5.41) is 2.46. The Bertz CT molecular complexity index is 1300. The first-order valence-corrected chi connectivity index (χ1v) is 10.7. The van der Waals surface area contributed by atoms with E-state index in [1.54, 1.807) is 33.2 Å². The molecule has 0 saturated heterocycles. The van der Waals surface area contributed by atoms with Crippen LogP contribution >= 0.6 is 0 Å². The predicted molar refractivity (Wildman–Crippen MR) is 111 cm³/mol. The molecule has 0 spiro atoms. The number of nitrogens with one attached hydrogen (secondary N) is 1. The largest absolute Gasteiger partial charge is 0.462 e. The summed E-state index contributed by atoms with van der Waals surface area (Å²) < 4.78 is 33.2. The highest BCUT2D eigenvalue weighted by Gasteiger charge is 2.22. The summed E-state index contributed by atoms with van der Waals surface area (Å²) >= 11 is 0. The van der Waals surface area contributed by atoms with Crippen molar-refractivity contribution in [2.45, 2.75) is 11.8 Å². The van der Waals surface area contributed by atoms with Crippen LogP contribution in [-0.4, -0.2) is 41.8 Å². The van der Waals surface area contributed by atoms with Gasteiger partial charge in [0.15, 0.2) is 9.84 Å². The van der Waals surface area contributed by atoms with Crippen LogP contribution in [0.2, 0.25) is 0 Å². The van der Waals surface area contributed by atoms with Gasteiger partial charge in [-0.2, -0.15) is 0 Å². The number of ether oxygens (including phenoxy) is 1. The molecular formula is C20H21N3O6S. The normalized spacial score (nSPS) is 11.4. The van der Waals surface area contributed by atoms with Crippen molar-refractivity contribution >= 4 is 38.4 Å². The van der Waals surface area contributed by atoms with Gasteiger partial charge >= 0.3 is 11.7 Å². The Morgan fingerprint density at radius 1 is 1.03 bits per heavy atom. The van der Waals surface area contributed by atoms with Gasteiger partial charge in [-0.25, -0.2) is 18.0 Å². The van der Waals surface area contributed by atoms with E-state index in [-0.39, 0.29) is 28.4 Å². The lowest BCUT2D eigenvalue weighted by molar-refractivity contribution is -0.113. The number of benzene rings is 2. The molecule has 1 amide bonds. The molecular weight excluding hydrogens is 410 g/mol. The average Bonchev–Trinajstić information content (AvgIpc) is 2.92. The summed E-state index contributed by atoms with van der Waals surface area (Å²) in [5.41, 5.74) is 1.03. The second kappa shape index (κ2) is 8.15. The first kappa shape index (κ1) is 21.3. The zero-order valence-electron chi connectivity index (χ0n) is 16.7. The second-order valence-corrected chi connectivity index (χ2v) is 8.61. The minimum atomic E-state index is -3.99. The highest BCUT2D eigenvalue weighted by molar-refractivity contribution is 7.92. The summed E-state index contributed by atoms with van der Waals surface area (Å²) in [4.78, 5) is 36.4. The van der Waals surface area contributed by atoms with Crippen molar-refractivity contribution in [2.24, 2.45) is 14.1 Å². The first-order chi connectivity index (χ1) is 14.2. The molecule has 2 aromatic carbocycles. The molecule has 3 aromatic rings. The number of amides is 1. The maximum Gasteiger partial charge on any atom is 0.340 e. The molecule has 0 aliphatic carbocycles. The Hall–Kier alpha value is -3.40. The van der Waals surface area contributed by atoms with E-state index >= 15 is 0 Å². The third kappa shape index (κ3) is 3.99. The fourth-order valence-electron chi connectivity index (χ4n) is 3.10. The lowest BCUT2D eigenvalue weighted by Crippen LogP contribution is -2.24. The maximum absolute atomic E-state index is 12.8. The number of carbonyl (C=O) groups excluding carboxylic acids is 2. The number of rotatable bonds is 6. The number of aryl methyl sites for hydroxylation is 2. The third-order valence-corrected chi connectivity index (χ3v) is 6.23. The number of anilines is 1. The zero-order valence-corrected chi connectivity index (χ0v) is 17.5. The number of hydrogen-bond acceptors (Lipinski definition) is 6. The van der Waals surface area contributed by atoms with Crippen molar-refractivity contribution in [2.75, 3.05) is 17.7 Å². The van der Waals surface area contributed by atoms with E-state index in [4.69, 9.17) is 4.74 Å². The molecule has 10 heteroatoms. The van der Waals surface area contributed by atoms with E-state index in [0.717, 1.165) is 0 Å². The van der Waals surface area contributed by atoms with Crippen LogP contribution in [0.15, 0.2) is 52.2 Å². The van der Waals surface area contributed by atoms with Gasteiger partial charge in [-0.3, -0.25) is 13.9 Å². The van der Waals surface area contributed by atoms with E-state index in [1.165, 1.54) is 39.5 Å². The molecule has 0 atom stereocenters. The van der Waals surface area contributed by atoms with Crippen molar-refractivity contribution in [3.05, 3.63) is 58.5 Å². The minimum Gasteiger partial charge on any atom is -0.462 e. The Labute approximate surface area is 172 Å². The van der Waals surface area contributed by atoms with Crippen LogP contribution in [0.5, 0.6) is 0 Å². The summed E-state index contributed by atoms with van der Waals surface area (Å²) in [7, 11) is -0.855. The SMILES string of the molecule is CCOC(=O)c1ccccc1NC(=O)CS(=O)(=O)c1ccc2c(c1)n(C)c(=O)n2C. The number of nitrogens with zero attached hydrogens (tertiary/aromatic N) is 2. The first-order valence-electron chi connectivity index (χ1n) is 9.10. The number of para-hydroxylation sites is 1. The van der Waals surface area contributed by atoms with Crippen molar-refractivity contribution < 1.29 is 22.7 Å². The van der Waals surface area contributed by atoms with Gasteiger partial charge in [-0.1, -0.05) is 12.1 Å². The van der Waals surface area contributed by atoms with Crippen LogP contribution in [-0.2, 0) is 33.5 Å². The predicted octanol–water partition coefficient (Wildman–Crippen LogP) is 1.47. The summed E-state index contributed by atoms with van der Waals surface area (Å²) in [5.74, 6) is -2.24. The molecule has 1 aromatic heterocycles. The molecule has 1 N–H and O–H groups in total. The summed E-state index contributed by atoms with van der Waals surface area (Å²) in [6.45, 7) is 1.82. The monoisotopic (exact) mass is 431 g/mol. The highest BCUT2D eigenvalue weighted by Crippen LogP contribution is 2.20. The van der Waals surface area contributed by atoms with Gasteiger partial charge in [-0.05, 0) is 37.3 Å². The third-order valence-electron chi connectivity index (χ3n) is 4.62. The number of hydrogen-bond donors (Lipinski definition) is 1. The number of imidazole rings is 1. The van der Waals surface area contributed by atoms with E-state index in [0.29, 0.717) is 11.0 Å². The van der Waals surface area contributed by atoms with Crippen LogP contribution in [0, 0.1) is 0 Å². The Kier molecular flexibility index (Phi) is 5.79. The lowest BCUT2D eigenvalue weighted by Gasteiger charge is -2.11. The topological polar surface area (TPSA) is 116 Å². The Morgan fingerprint density at radius 3 is 2.40 bits per heavy atom. The van der Waals surface area contributed by atoms with Gasteiger partial charge in [0.2, 0.25) is 5.91 Å². The molecule has 0 bridgehead atoms. The zero-order chi connectivity index (χ0) is 22.1. The van der Waals surface area contributed by atoms with Crippen molar-refractivity contribution in [1.29, 1.82) is 0 Å². The molecule has 3 rings (SSSR count). The molecule has 0 radical (unpaired) electrons. The van der Waals surface area contributed by atoms with Gasteiger partial charge in [0.1, 0.15) is 5.75 Å². The average molecular weight is 431 g/mol. The molecule has 0 unspecified atom stereocenters. The van der Waals surface area contributed by atoms with Crippen molar-refractivity contribution in [3.63, 3.8) is 0 Å². The number of sulfone groups is 1. The standard InChI is InChI=1S/C20H21N3O6S/c1-4-29-19(25)14-7-5-6-8-15(14)21-18(24)12-30(27,28)13-9-10-16-17(11-13)23(3)20(26)22(16)2/h5-11H,4,12H2,1-3H3,(H,21,24). The molecule has 0 fully saturated rings. The van der Waals surface area contributed by atoms with Gasteiger partial charge < -0.3 is 10.1 Å². The molecule has 0 saturated carbocycles. The van der Waals surface area contributed by atoms with Gasteiger partial charge in [0.25, 0.3) is 0 Å². The van der Waals surface area contributed by atoms with Crippen LogP contribution in [0.3, 0.4) is 0 Å². The quantitative estimate of drug-likeness (QED) is 0.591. The van der Waals surface area contributed by atoms with E-state index in [1.807, 2.05) is 0 Å². The van der Waals surface area contributed by atoms with E-state index in [2.05, 4.69) is 5.32 Å². The van der Waals surface area contributed by atoms with Crippen LogP contribution in [0.1, 0.15) is 17.3 Å². The Morgan fingerprint density at radius 2 is 1.70 bits per heavy atom. The molecule has 158 valence electrons. The van der Waals surface area contributed by atoms with Gasteiger partial charge in [0.05, 0.1) is 33.8 Å². The number of fused-ring (bicyclic) bond motifs is 1. The van der Waals surface area contributed by atoms with Crippen LogP contribution in [0.4, 0.5) is 5.69 Å². The number of carbonyl (C=O) groups is 2. The Balaban J connectivity index is 1.85. The minimum absolute atomic E-state index is 0.0787. The smallest absolute Gasteiger partial charge is 0.340 e. The highest BCUT2D eigenvalue weighted by atomic mass is 32.2. The van der Waals surface area contributed by atoms with Crippen LogP contribution in [0.25, 0.3) is 11.0 Å². The molecule has 30 heavy (non-hydrogen) atoms. The van der Waals surface area contributed by atoms with Crippen molar-refractivity contribution in [1.82, 2.24) is 9.13 Å². The van der Waals surface area contributed by atoms with Crippen molar-refractivity contribution in [3.8, 4) is 0 Å². The van der Waals surface area contributed by atoms with Gasteiger partial charge in [-0.15, -0.1) is 0 Å². The summed E-state index contributed by atoms with van der Waals surface area (Å²) in [6.07, 6.45) is 0. The lowest BCUT2D eigenvalue weighted by atomic mass is 10.2. The van der Waals surface area contributed by atoms with E-state index in [9.17, 15) is 22.8 Å². The van der Waals surface area contributed by atoms with E-state index < -0.39 is 27.5 Å². The fraction of sp³-hybridized carbons (Fsp3) is 0.250. The number of esters is 1. The van der Waals surface area contributed by atoms with Gasteiger partial charge in [0, 0.05) is 14.1 Å².